The third-order valence-corrected chi connectivity index (χ3v) is 7.01. The number of nitrogens with zero attached hydrogens (tertiary/aromatic N) is 2. The Balaban J connectivity index is 1.96. The van der Waals surface area contributed by atoms with Gasteiger partial charge in [0, 0.05) is 30.0 Å². The normalized spacial score (nSPS) is 15.4. The second-order valence-electron chi connectivity index (χ2n) is 7.46. The van der Waals surface area contributed by atoms with E-state index < -0.39 is 10.0 Å². The molecule has 5 nitrogen and oxygen atoms in total. The Labute approximate surface area is 174 Å². The van der Waals surface area contributed by atoms with Crippen LogP contribution >= 0.6 is 0 Å². The lowest BCUT2D eigenvalue weighted by atomic mass is 10.0. The highest BCUT2D eigenvalue weighted by Gasteiger charge is 2.31. The van der Waals surface area contributed by atoms with Crippen molar-refractivity contribution in [2.75, 3.05) is 23.3 Å². The zero-order valence-corrected chi connectivity index (χ0v) is 18.8. The van der Waals surface area contributed by atoms with E-state index in [0.29, 0.717) is 17.0 Å². The van der Waals surface area contributed by atoms with Gasteiger partial charge in [0.25, 0.3) is 10.0 Å². The summed E-state index contributed by atoms with van der Waals surface area (Å²) in [6.07, 6.45) is 0. The average molecular weight is 412 g/mol. The van der Waals surface area contributed by atoms with E-state index in [0.717, 1.165) is 41.2 Å². The number of nitrogens with one attached hydrogen (secondary N) is 1. The molecular weight excluding hydrogens is 382 g/mol. The quantitative estimate of drug-likeness (QED) is 0.748. The van der Waals surface area contributed by atoms with Crippen molar-refractivity contribution in [2.45, 2.75) is 41.5 Å². The maximum atomic E-state index is 12.8. The molecule has 154 valence electrons. The highest BCUT2D eigenvalue weighted by Crippen LogP contribution is 2.34. The molecule has 0 atom stereocenters. The molecule has 3 rings (SSSR count). The first-order chi connectivity index (χ1) is 13.7. The predicted molar refractivity (Wildman–Crippen MR) is 123 cm³/mol. The van der Waals surface area contributed by atoms with Gasteiger partial charge in [0.15, 0.2) is 0 Å². The van der Waals surface area contributed by atoms with Crippen molar-refractivity contribution in [3.8, 4) is 0 Å². The molecule has 0 aromatic heterocycles. The Morgan fingerprint density at radius 1 is 0.897 bits per heavy atom. The fourth-order valence-corrected chi connectivity index (χ4v) is 5.02. The van der Waals surface area contributed by atoms with Crippen molar-refractivity contribution in [1.82, 2.24) is 0 Å². The molecule has 1 aliphatic rings. The van der Waals surface area contributed by atoms with Crippen molar-refractivity contribution in [2.24, 2.45) is 4.40 Å². The lowest BCUT2D eigenvalue weighted by Gasteiger charge is -2.22. The summed E-state index contributed by atoms with van der Waals surface area (Å²) in [6.45, 7) is 14.0. The Hall–Kier alpha value is -2.60. The molecule has 0 spiro atoms. The van der Waals surface area contributed by atoms with Crippen molar-refractivity contribution in [3.05, 3.63) is 64.2 Å². The Morgan fingerprint density at radius 3 is 2.17 bits per heavy atom. The molecule has 1 N–H and O–H groups in total. The molecule has 0 saturated heterocycles. The van der Waals surface area contributed by atoms with E-state index >= 15 is 0 Å². The van der Waals surface area contributed by atoms with Crippen LogP contribution in [-0.2, 0) is 10.0 Å². The van der Waals surface area contributed by atoms with E-state index in [4.69, 9.17) is 0 Å². The SMILES string of the molecule is CCN(CC)c1ccc(NC2=NS(=O)(=O)C(c3ccc(C)c(C)c3)=C2C)c(C)c1. The molecule has 1 aliphatic heterocycles. The maximum absolute atomic E-state index is 12.8. The molecule has 0 saturated carbocycles. The van der Waals surface area contributed by atoms with Crippen LogP contribution in [0.1, 0.15) is 43.0 Å². The fraction of sp³-hybridized carbons (Fsp3) is 0.348. The summed E-state index contributed by atoms with van der Waals surface area (Å²) in [5, 5.41) is 3.24. The van der Waals surface area contributed by atoms with Crippen LogP contribution in [0, 0.1) is 20.8 Å². The van der Waals surface area contributed by atoms with Crippen LogP contribution < -0.4 is 10.2 Å². The van der Waals surface area contributed by atoms with Gasteiger partial charge < -0.3 is 10.2 Å². The van der Waals surface area contributed by atoms with Gasteiger partial charge in [-0.2, -0.15) is 8.42 Å². The zero-order valence-electron chi connectivity index (χ0n) is 18.0. The van der Waals surface area contributed by atoms with Crippen LogP contribution in [0.5, 0.6) is 0 Å². The zero-order chi connectivity index (χ0) is 21.3. The Morgan fingerprint density at radius 2 is 1.59 bits per heavy atom. The van der Waals surface area contributed by atoms with Crippen LogP contribution in [0.15, 0.2) is 46.4 Å². The molecule has 0 radical (unpaired) electrons. The number of sulfonamides is 1. The molecule has 29 heavy (non-hydrogen) atoms. The number of aryl methyl sites for hydroxylation is 3. The minimum Gasteiger partial charge on any atom is -0.372 e. The van der Waals surface area contributed by atoms with E-state index in [1.54, 1.807) is 6.92 Å². The van der Waals surface area contributed by atoms with Crippen LogP contribution in [0.2, 0.25) is 0 Å². The highest BCUT2D eigenvalue weighted by atomic mass is 32.2. The van der Waals surface area contributed by atoms with E-state index in [9.17, 15) is 8.42 Å². The maximum Gasteiger partial charge on any atom is 0.285 e. The summed E-state index contributed by atoms with van der Waals surface area (Å²) >= 11 is 0. The number of rotatable bonds is 5. The molecule has 0 fully saturated rings. The summed E-state index contributed by atoms with van der Waals surface area (Å²) in [7, 11) is -3.73. The first-order valence-corrected chi connectivity index (χ1v) is 11.4. The molecule has 0 bridgehead atoms. The van der Waals surface area contributed by atoms with E-state index in [2.05, 4.69) is 40.6 Å². The van der Waals surface area contributed by atoms with Crippen LogP contribution in [0.4, 0.5) is 11.4 Å². The van der Waals surface area contributed by atoms with Crippen LogP contribution in [0.3, 0.4) is 0 Å². The third-order valence-electron chi connectivity index (χ3n) is 5.53. The smallest absolute Gasteiger partial charge is 0.285 e. The topological polar surface area (TPSA) is 61.8 Å². The number of hydrogen-bond donors (Lipinski definition) is 1. The lowest BCUT2D eigenvalue weighted by molar-refractivity contribution is 0.608. The highest BCUT2D eigenvalue weighted by molar-refractivity contribution is 8.00. The summed E-state index contributed by atoms with van der Waals surface area (Å²) in [5.74, 6) is 0.386. The molecule has 0 amide bonds. The van der Waals surface area contributed by atoms with Gasteiger partial charge >= 0.3 is 0 Å². The van der Waals surface area contributed by atoms with Crippen molar-refractivity contribution >= 4 is 32.1 Å². The fourth-order valence-electron chi connectivity index (χ4n) is 3.60. The average Bonchev–Trinajstić information content (AvgIpc) is 2.89. The van der Waals surface area contributed by atoms with Gasteiger partial charge in [0.05, 0.1) is 0 Å². The second kappa shape index (κ2) is 8.03. The second-order valence-corrected chi connectivity index (χ2v) is 9.01. The van der Waals surface area contributed by atoms with Crippen LogP contribution in [0.25, 0.3) is 4.91 Å². The molecule has 6 heteroatoms. The van der Waals surface area contributed by atoms with E-state index in [1.165, 1.54) is 0 Å². The largest absolute Gasteiger partial charge is 0.372 e. The molecule has 1 heterocycles. The van der Waals surface area contributed by atoms with E-state index in [-0.39, 0.29) is 4.91 Å². The number of amidine groups is 1. The summed E-state index contributed by atoms with van der Waals surface area (Å²) < 4.78 is 29.6. The van der Waals surface area contributed by atoms with Gasteiger partial charge in [-0.05, 0) is 82.0 Å². The Kier molecular flexibility index (Phi) is 5.85. The van der Waals surface area contributed by atoms with Gasteiger partial charge in [-0.15, -0.1) is 4.40 Å². The first kappa shape index (κ1) is 21.1. The van der Waals surface area contributed by atoms with Crippen molar-refractivity contribution in [1.29, 1.82) is 0 Å². The van der Waals surface area contributed by atoms with Gasteiger partial charge in [0.2, 0.25) is 0 Å². The van der Waals surface area contributed by atoms with Gasteiger partial charge in [0.1, 0.15) is 10.7 Å². The first-order valence-electron chi connectivity index (χ1n) is 9.94. The van der Waals surface area contributed by atoms with Crippen molar-refractivity contribution in [3.63, 3.8) is 0 Å². The minimum atomic E-state index is -3.73. The molecule has 0 unspecified atom stereocenters. The molecule has 0 aliphatic carbocycles. The summed E-state index contributed by atoms with van der Waals surface area (Å²) in [5.41, 5.74) is 6.56. The monoisotopic (exact) mass is 411 g/mol. The minimum absolute atomic E-state index is 0.278. The van der Waals surface area contributed by atoms with Gasteiger partial charge in [-0.1, -0.05) is 18.2 Å². The number of hydrogen-bond acceptors (Lipinski definition) is 4. The van der Waals surface area contributed by atoms with Gasteiger partial charge in [-0.25, -0.2) is 0 Å². The van der Waals surface area contributed by atoms with Crippen molar-refractivity contribution < 1.29 is 8.42 Å². The predicted octanol–water partition coefficient (Wildman–Crippen LogP) is 5.04. The van der Waals surface area contributed by atoms with Gasteiger partial charge in [-0.3, -0.25) is 0 Å². The van der Waals surface area contributed by atoms with Crippen LogP contribution in [-0.4, -0.2) is 27.3 Å². The standard InChI is InChI=1S/C23H29N3O2S/c1-7-26(8-2)20-11-12-21(17(5)14-20)24-23-18(6)22(29(27,28)25-23)19-10-9-15(3)16(4)13-19/h9-14H,7-8H2,1-6H3,(H,24,25). The summed E-state index contributed by atoms with van der Waals surface area (Å²) in [4.78, 5) is 2.55. The summed E-state index contributed by atoms with van der Waals surface area (Å²) in [6, 6.07) is 11.9. The van der Waals surface area contributed by atoms with E-state index in [1.807, 2.05) is 45.0 Å². The molecule has 2 aromatic carbocycles. The number of anilines is 2. The number of benzene rings is 2. The lowest BCUT2D eigenvalue weighted by Crippen LogP contribution is -2.22. The Bertz CT molecular complexity index is 1110. The molecular formula is C23H29N3O2S. The molecule has 2 aromatic rings. The third kappa shape index (κ3) is 4.08.